The third-order valence-corrected chi connectivity index (χ3v) is 5.07. The number of nitrogens with zero attached hydrogens (tertiary/aromatic N) is 2. The Morgan fingerprint density at radius 2 is 1.73 bits per heavy atom. The van der Waals surface area contributed by atoms with E-state index in [1.54, 1.807) is 36.4 Å². The highest BCUT2D eigenvalue weighted by Gasteiger charge is 2.49. The SMILES string of the molecule is C=CC[C@]1(COCc2ccccc2)CN(C(=O)O)CN(C(=O)c2ccccc2)C1=O. The zero-order chi connectivity index (χ0) is 21.6. The lowest BCUT2D eigenvalue weighted by molar-refractivity contribution is -0.153. The van der Waals surface area contributed by atoms with E-state index in [1.165, 1.54) is 0 Å². The highest BCUT2D eigenvalue weighted by Crippen LogP contribution is 2.33. The van der Waals surface area contributed by atoms with E-state index < -0.39 is 23.3 Å². The molecule has 1 N–H and O–H groups in total. The van der Waals surface area contributed by atoms with Gasteiger partial charge in [-0.05, 0) is 24.1 Å². The second-order valence-electron chi connectivity index (χ2n) is 7.28. The molecule has 1 saturated heterocycles. The van der Waals surface area contributed by atoms with Crippen molar-refractivity contribution in [2.75, 3.05) is 19.8 Å². The second-order valence-corrected chi connectivity index (χ2v) is 7.28. The Labute approximate surface area is 175 Å². The first kappa shape index (κ1) is 21.3. The van der Waals surface area contributed by atoms with Crippen LogP contribution in [0.5, 0.6) is 0 Å². The number of carbonyl (C=O) groups excluding carboxylic acids is 2. The molecule has 1 aliphatic heterocycles. The summed E-state index contributed by atoms with van der Waals surface area (Å²) in [7, 11) is 0. The number of amides is 3. The molecule has 7 heteroatoms. The summed E-state index contributed by atoms with van der Waals surface area (Å²) < 4.78 is 5.82. The summed E-state index contributed by atoms with van der Waals surface area (Å²) in [5.41, 5.74) is 0.0232. The molecule has 2 aromatic carbocycles. The molecule has 0 spiro atoms. The van der Waals surface area contributed by atoms with Crippen LogP contribution >= 0.6 is 0 Å². The maximum atomic E-state index is 13.4. The van der Waals surface area contributed by atoms with Crippen molar-refractivity contribution in [3.05, 3.63) is 84.4 Å². The molecule has 0 aliphatic carbocycles. The van der Waals surface area contributed by atoms with Gasteiger partial charge in [0.25, 0.3) is 5.91 Å². The van der Waals surface area contributed by atoms with Crippen LogP contribution in [0.25, 0.3) is 0 Å². The molecule has 0 aromatic heterocycles. The van der Waals surface area contributed by atoms with Crippen molar-refractivity contribution in [3.63, 3.8) is 0 Å². The summed E-state index contributed by atoms with van der Waals surface area (Å²) >= 11 is 0. The number of hydrogen-bond acceptors (Lipinski definition) is 4. The van der Waals surface area contributed by atoms with Crippen LogP contribution in [0.3, 0.4) is 0 Å². The first-order valence-corrected chi connectivity index (χ1v) is 9.58. The average molecular weight is 408 g/mol. The van der Waals surface area contributed by atoms with Gasteiger partial charge >= 0.3 is 6.09 Å². The van der Waals surface area contributed by atoms with Crippen LogP contribution in [0.2, 0.25) is 0 Å². The van der Waals surface area contributed by atoms with Crippen LogP contribution in [0.15, 0.2) is 73.3 Å². The van der Waals surface area contributed by atoms with Crippen LogP contribution in [0.4, 0.5) is 4.79 Å². The second kappa shape index (κ2) is 9.37. The summed E-state index contributed by atoms with van der Waals surface area (Å²) in [6, 6.07) is 17.8. The predicted molar refractivity (Wildman–Crippen MR) is 111 cm³/mol. The van der Waals surface area contributed by atoms with Crippen molar-refractivity contribution in [1.29, 1.82) is 0 Å². The third kappa shape index (κ3) is 4.58. The van der Waals surface area contributed by atoms with E-state index in [9.17, 15) is 19.5 Å². The maximum Gasteiger partial charge on any atom is 0.408 e. The van der Waals surface area contributed by atoms with Gasteiger partial charge in [-0.15, -0.1) is 6.58 Å². The molecule has 1 fully saturated rings. The maximum absolute atomic E-state index is 13.4. The Balaban J connectivity index is 1.86. The fourth-order valence-corrected chi connectivity index (χ4v) is 3.56. The molecule has 1 atom stereocenters. The van der Waals surface area contributed by atoms with Crippen LogP contribution in [-0.2, 0) is 16.1 Å². The molecule has 1 heterocycles. The highest BCUT2D eigenvalue weighted by atomic mass is 16.5. The summed E-state index contributed by atoms with van der Waals surface area (Å²) in [5.74, 6) is -0.995. The number of hydrogen-bond donors (Lipinski definition) is 1. The number of rotatable bonds is 7. The molecule has 1 aliphatic rings. The highest BCUT2D eigenvalue weighted by molar-refractivity contribution is 6.07. The minimum atomic E-state index is -1.22. The van der Waals surface area contributed by atoms with Gasteiger partial charge in [-0.25, -0.2) is 4.79 Å². The van der Waals surface area contributed by atoms with Gasteiger partial charge in [-0.3, -0.25) is 19.4 Å². The largest absolute Gasteiger partial charge is 0.465 e. The smallest absolute Gasteiger partial charge is 0.408 e. The number of benzene rings is 2. The van der Waals surface area contributed by atoms with Crippen molar-refractivity contribution in [2.45, 2.75) is 13.0 Å². The van der Waals surface area contributed by atoms with Gasteiger partial charge in [0.15, 0.2) is 0 Å². The van der Waals surface area contributed by atoms with Gasteiger partial charge in [0.1, 0.15) is 6.67 Å². The Bertz CT molecular complexity index is 916. The van der Waals surface area contributed by atoms with E-state index in [2.05, 4.69) is 6.58 Å². The first-order chi connectivity index (χ1) is 14.5. The molecule has 3 rings (SSSR count). The first-order valence-electron chi connectivity index (χ1n) is 9.58. The van der Waals surface area contributed by atoms with E-state index in [-0.39, 0.29) is 32.8 Å². The van der Waals surface area contributed by atoms with Crippen molar-refractivity contribution in [3.8, 4) is 0 Å². The van der Waals surface area contributed by atoms with E-state index in [0.717, 1.165) is 15.4 Å². The number of carbonyl (C=O) groups is 3. The van der Waals surface area contributed by atoms with Crippen molar-refractivity contribution in [2.24, 2.45) is 5.41 Å². The Kier molecular flexibility index (Phi) is 6.64. The van der Waals surface area contributed by atoms with Gasteiger partial charge in [0.2, 0.25) is 5.91 Å². The molecule has 156 valence electrons. The van der Waals surface area contributed by atoms with Crippen LogP contribution in [0.1, 0.15) is 22.3 Å². The number of carboxylic acid groups (broad SMARTS) is 1. The van der Waals surface area contributed by atoms with Crippen molar-refractivity contribution in [1.82, 2.24) is 9.80 Å². The summed E-state index contributed by atoms with van der Waals surface area (Å²) in [5, 5.41) is 9.61. The lowest BCUT2D eigenvalue weighted by Crippen LogP contribution is -2.63. The normalized spacial score (nSPS) is 18.9. The van der Waals surface area contributed by atoms with E-state index >= 15 is 0 Å². The molecule has 3 amide bonds. The van der Waals surface area contributed by atoms with E-state index in [1.807, 2.05) is 30.3 Å². The number of ether oxygens (including phenoxy) is 1. The van der Waals surface area contributed by atoms with Gasteiger partial charge in [-0.1, -0.05) is 54.6 Å². The topological polar surface area (TPSA) is 87.2 Å². The predicted octanol–water partition coefficient (Wildman–Crippen LogP) is 3.39. The van der Waals surface area contributed by atoms with Gasteiger partial charge in [-0.2, -0.15) is 0 Å². The minimum Gasteiger partial charge on any atom is -0.465 e. The molecule has 2 aromatic rings. The molecule has 0 saturated carbocycles. The van der Waals surface area contributed by atoms with Gasteiger partial charge in [0.05, 0.1) is 18.6 Å². The van der Waals surface area contributed by atoms with Crippen LogP contribution in [0, 0.1) is 5.41 Å². The Morgan fingerprint density at radius 3 is 2.33 bits per heavy atom. The fourth-order valence-electron chi connectivity index (χ4n) is 3.56. The number of imide groups is 1. The summed E-state index contributed by atoms with van der Waals surface area (Å²) in [6.07, 6.45) is 0.536. The fraction of sp³-hybridized carbons (Fsp3) is 0.261. The molecular formula is C23H24N2O5. The summed E-state index contributed by atoms with van der Waals surface area (Å²) in [4.78, 5) is 40.2. The molecular weight excluding hydrogens is 384 g/mol. The number of allylic oxidation sites excluding steroid dienone is 1. The molecule has 0 bridgehead atoms. The molecule has 0 unspecified atom stereocenters. The average Bonchev–Trinajstić information content (AvgIpc) is 2.76. The van der Waals surface area contributed by atoms with Gasteiger partial charge < -0.3 is 9.84 Å². The van der Waals surface area contributed by atoms with Crippen molar-refractivity contribution >= 4 is 17.9 Å². The molecule has 30 heavy (non-hydrogen) atoms. The van der Waals surface area contributed by atoms with Gasteiger partial charge in [0, 0.05) is 12.1 Å². The van der Waals surface area contributed by atoms with E-state index in [4.69, 9.17) is 4.74 Å². The quantitative estimate of drug-likeness (QED) is 0.561. The third-order valence-electron chi connectivity index (χ3n) is 5.07. The zero-order valence-electron chi connectivity index (χ0n) is 16.6. The molecule has 0 radical (unpaired) electrons. The standard InChI is InChI=1S/C23H24N2O5/c1-2-13-23(16-30-14-18-9-5-3-6-10-18)15-24(22(28)29)17-25(21(23)27)20(26)19-11-7-4-8-12-19/h2-12H,1,13-17H2,(H,28,29)/t23-/m1/s1. The Morgan fingerprint density at radius 1 is 1.10 bits per heavy atom. The minimum absolute atomic E-state index is 0.0326. The van der Waals surface area contributed by atoms with Crippen LogP contribution < -0.4 is 0 Å². The van der Waals surface area contributed by atoms with Crippen molar-refractivity contribution < 1.29 is 24.2 Å². The van der Waals surface area contributed by atoms with Crippen LogP contribution in [-0.4, -0.2) is 52.6 Å². The zero-order valence-corrected chi connectivity index (χ0v) is 16.6. The Hall–Kier alpha value is -3.45. The molecule has 7 nitrogen and oxygen atoms in total. The lowest BCUT2D eigenvalue weighted by atomic mass is 9.81. The lowest BCUT2D eigenvalue weighted by Gasteiger charge is -2.44. The van der Waals surface area contributed by atoms with E-state index in [0.29, 0.717) is 5.56 Å². The monoisotopic (exact) mass is 408 g/mol. The summed E-state index contributed by atoms with van der Waals surface area (Å²) in [6.45, 7) is 3.57.